The van der Waals surface area contributed by atoms with Crippen LogP contribution in [0.3, 0.4) is 0 Å². The number of aromatic nitrogens is 1. The number of carboxylic acid groups (broad SMARTS) is 1. The Morgan fingerprint density at radius 1 is 1.60 bits per heavy atom. The molecule has 1 fully saturated rings. The summed E-state index contributed by atoms with van der Waals surface area (Å²) >= 11 is 0. The summed E-state index contributed by atoms with van der Waals surface area (Å²) in [5, 5.41) is 19.0. The lowest BCUT2D eigenvalue weighted by Gasteiger charge is -1.96. The van der Waals surface area contributed by atoms with Crippen LogP contribution in [0.15, 0.2) is 18.3 Å². The molecular formula is C9H8N2O4. The van der Waals surface area contributed by atoms with Gasteiger partial charge in [-0.3, -0.25) is 19.9 Å². The van der Waals surface area contributed by atoms with E-state index >= 15 is 0 Å². The van der Waals surface area contributed by atoms with E-state index in [0.717, 1.165) is 6.20 Å². The topological polar surface area (TPSA) is 93.3 Å². The van der Waals surface area contributed by atoms with E-state index in [1.165, 1.54) is 12.1 Å². The number of nitro groups is 1. The molecule has 0 bridgehead atoms. The van der Waals surface area contributed by atoms with Gasteiger partial charge in [0.2, 0.25) is 0 Å². The van der Waals surface area contributed by atoms with Crippen LogP contribution in [0.4, 0.5) is 5.69 Å². The van der Waals surface area contributed by atoms with Crippen LogP contribution >= 0.6 is 0 Å². The first kappa shape index (κ1) is 9.57. The summed E-state index contributed by atoms with van der Waals surface area (Å²) in [4.78, 5) is 24.3. The second-order valence-corrected chi connectivity index (χ2v) is 3.49. The number of rotatable bonds is 3. The summed E-state index contributed by atoms with van der Waals surface area (Å²) < 4.78 is 0. The third-order valence-electron chi connectivity index (χ3n) is 2.47. The predicted molar refractivity (Wildman–Crippen MR) is 49.4 cm³/mol. The van der Waals surface area contributed by atoms with E-state index in [2.05, 4.69) is 4.98 Å². The Labute approximate surface area is 84.7 Å². The third-order valence-corrected chi connectivity index (χ3v) is 2.47. The third kappa shape index (κ3) is 1.78. The van der Waals surface area contributed by atoms with Gasteiger partial charge < -0.3 is 5.11 Å². The zero-order chi connectivity index (χ0) is 11.0. The molecule has 1 heterocycles. The quantitative estimate of drug-likeness (QED) is 0.594. The minimum Gasteiger partial charge on any atom is -0.481 e. The number of carboxylic acids is 1. The first-order valence-electron chi connectivity index (χ1n) is 4.42. The van der Waals surface area contributed by atoms with Gasteiger partial charge in [0, 0.05) is 17.7 Å². The smallest absolute Gasteiger partial charge is 0.307 e. The molecule has 1 aromatic rings. The highest BCUT2D eigenvalue weighted by molar-refractivity contribution is 5.75. The van der Waals surface area contributed by atoms with E-state index in [1.807, 2.05) is 0 Å². The first-order valence-corrected chi connectivity index (χ1v) is 4.42. The molecule has 0 aliphatic heterocycles. The monoisotopic (exact) mass is 208 g/mol. The van der Waals surface area contributed by atoms with Crippen molar-refractivity contribution in [3.05, 3.63) is 34.1 Å². The summed E-state index contributed by atoms with van der Waals surface area (Å²) in [7, 11) is 0. The molecule has 2 rings (SSSR count). The van der Waals surface area contributed by atoms with Crippen molar-refractivity contribution in [2.45, 2.75) is 12.3 Å². The predicted octanol–water partition coefficient (Wildman–Crippen LogP) is 1.18. The fourth-order valence-corrected chi connectivity index (χ4v) is 1.52. The van der Waals surface area contributed by atoms with Crippen molar-refractivity contribution in [1.82, 2.24) is 4.98 Å². The summed E-state index contributed by atoms with van der Waals surface area (Å²) in [6.07, 6.45) is 1.73. The van der Waals surface area contributed by atoms with Gasteiger partial charge >= 0.3 is 5.97 Å². The largest absolute Gasteiger partial charge is 0.481 e. The van der Waals surface area contributed by atoms with Gasteiger partial charge in [0.15, 0.2) is 0 Å². The minimum absolute atomic E-state index is 0.0775. The maximum Gasteiger partial charge on any atom is 0.307 e. The number of hydrogen-bond acceptors (Lipinski definition) is 4. The van der Waals surface area contributed by atoms with Crippen LogP contribution in [0, 0.1) is 16.0 Å². The molecular weight excluding hydrogens is 200 g/mol. The van der Waals surface area contributed by atoms with Gasteiger partial charge in [-0.2, -0.15) is 0 Å². The molecule has 0 unspecified atom stereocenters. The Morgan fingerprint density at radius 3 is 2.73 bits per heavy atom. The van der Waals surface area contributed by atoms with E-state index in [4.69, 9.17) is 5.11 Å². The van der Waals surface area contributed by atoms with Gasteiger partial charge in [-0.1, -0.05) is 0 Å². The average Bonchev–Trinajstić information content (AvgIpc) is 2.97. The van der Waals surface area contributed by atoms with E-state index in [9.17, 15) is 14.9 Å². The number of nitrogens with zero attached hydrogens (tertiary/aromatic N) is 2. The second-order valence-electron chi connectivity index (χ2n) is 3.49. The maximum absolute atomic E-state index is 10.6. The standard InChI is InChI=1S/C9H8N2O4/c12-9(13)7-3-6(7)8-2-1-5(4-10-8)11(14)15/h1-2,4,6-7H,3H2,(H,12,13)/t6-,7-/m1/s1. The molecule has 6 heteroatoms. The molecule has 1 N–H and O–H groups in total. The molecule has 1 aliphatic rings. The summed E-state index contributed by atoms with van der Waals surface area (Å²) in [5.74, 6) is -1.29. The molecule has 0 amide bonds. The van der Waals surface area contributed by atoms with Crippen molar-refractivity contribution in [1.29, 1.82) is 0 Å². The molecule has 1 aliphatic carbocycles. The van der Waals surface area contributed by atoms with Gasteiger partial charge in [0.25, 0.3) is 5.69 Å². The van der Waals surface area contributed by atoms with E-state index in [0.29, 0.717) is 12.1 Å². The molecule has 2 atom stereocenters. The van der Waals surface area contributed by atoms with E-state index in [1.54, 1.807) is 0 Å². The van der Waals surface area contributed by atoms with Gasteiger partial charge in [0.05, 0.1) is 10.8 Å². The van der Waals surface area contributed by atoms with Gasteiger partial charge in [0.1, 0.15) is 6.20 Å². The molecule has 0 radical (unpaired) electrons. The zero-order valence-corrected chi connectivity index (χ0v) is 7.66. The molecule has 0 spiro atoms. The number of aliphatic carboxylic acids is 1. The molecule has 78 valence electrons. The first-order chi connectivity index (χ1) is 7.09. The Bertz CT molecular complexity index is 415. The van der Waals surface area contributed by atoms with Gasteiger partial charge in [-0.25, -0.2) is 0 Å². The molecule has 0 aromatic carbocycles. The van der Waals surface area contributed by atoms with Crippen molar-refractivity contribution in [3.8, 4) is 0 Å². The minimum atomic E-state index is -0.833. The summed E-state index contributed by atoms with van der Waals surface area (Å²) in [6.45, 7) is 0. The highest BCUT2D eigenvalue weighted by Gasteiger charge is 2.45. The van der Waals surface area contributed by atoms with Crippen LogP contribution in [0.1, 0.15) is 18.0 Å². The molecule has 1 aromatic heterocycles. The van der Waals surface area contributed by atoms with Crippen LogP contribution < -0.4 is 0 Å². The normalized spacial score (nSPS) is 23.5. The van der Waals surface area contributed by atoms with Crippen molar-refractivity contribution in [3.63, 3.8) is 0 Å². The molecule has 15 heavy (non-hydrogen) atoms. The maximum atomic E-state index is 10.6. The highest BCUT2D eigenvalue weighted by atomic mass is 16.6. The van der Waals surface area contributed by atoms with E-state index < -0.39 is 10.9 Å². The van der Waals surface area contributed by atoms with Crippen LogP contribution in [0.25, 0.3) is 0 Å². The number of pyridine rings is 1. The summed E-state index contributed by atoms with van der Waals surface area (Å²) in [5.41, 5.74) is 0.541. The number of carbonyl (C=O) groups is 1. The zero-order valence-electron chi connectivity index (χ0n) is 7.66. The highest BCUT2D eigenvalue weighted by Crippen LogP contribution is 2.46. The Kier molecular flexibility index (Phi) is 2.11. The number of hydrogen-bond donors (Lipinski definition) is 1. The van der Waals surface area contributed by atoms with Crippen molar-refractivity contribution in [2.75, 3.05) is 0 Å². The lowest BCUT2D eigenvalue weighted by Crippen LogP contribution is -2.00. The molecule has 6 nitrogen and oxygen atoms in total. The Hall–Kier alpha value is -1.98. The van der Waals surface area contributed by atoms with Crippen molar-refractivity contribution < 1.29 is 14.8 Å². The molecule has 0 saturated heterocycles. The van der Waals surface area contributed by atoms with Crippen LogP contribution in [-0.4, -0.2) is 21.0 Å². The lowest BCUT2D eigenvalue weighted by molar-refractivity contribution is -0.385. The summed E-state index contributed by atoms with van der Waals surface area (Å²) in [6, 6.07) is 2.87. The van der Waals surface area contributed by atoms with Crippen LogP contribution in [0.5, 0.6) is 0 Å². The van der Waals surface area contributed by atoms with Gasteiger partial charge in [-0.15, -0.1) is 0 Å². The fraction of sp³-hybridized carbons (Fsp3) is 0.333. The van der Waals surface area contributed by atoms with Crippen LogP contribution in [0.2, 0.25) is 0 Å². The Balaban J connectivity index is 2.12. The SMILES string of the molecule is O=C(O)[C@@H]1C[C@H]1c1ccc([N+](=O)[O-])cn1. The molecule has 1 saturated carbocycles. The van der Waals surface area contributed by atoms with Crippen molar-refractivity contribution >= 4 is 11.7 Å². The second kappa shape index (κ2) is 3.30. The Morgan fingerprint density at radius 2 is 2.33 bits per heavy atom. The lowest BCUT2D eigenvalue weighted by atomic mass is 10.2. The van der Waals surface area contributed by atoms with E-state index in [-0.39, 0.29) is 17.5 Å². The van der Waals surface area contributed by atoms with Crippen LogP contribution in [-0.2, 0) is 4.79 Å². The fourth-order valence-electron chi connectivity index (χ4n) is 1.52. The average molecular weight is 208 g/mol. The van der Waals surface area contributed by atoms with Crippen molar-refractivity contribution in [2.24, 2.45) is 5.92 Å². The van der Waals surface area contributed by atoms with Gasteiger partial charge in [-0.05, 0) is 12.5 Å².